The predicted molar refractivity (Wildman–Crippen MR) is 140 cm³/mol. The molecular formula is C28H31Cl2N3O4. The molecule has 0 radical (unpaired) electrons. The molecule has 7 rings (SSSR count). The molecule has 196 valence electrons. The summed E-state index contributed by atoms with van der Waals surface area (Å²) in [6, 6.07) is 7.19. The van der Waals surface area contributed by atoms with Gasteiger partial charge in [-0.3, -0.25) is 4.68 Å². The largest absolute Gasteiger partial charge is 0.477 e. The minimum Gasteiger partial charge on any atom is -0.477 e. The number of hydrogen-bond donors (Lipinski definition) is 1. The zero-order valence-electron chi connectivity index (χ0n) is 20.9. The summed E-state index contributed by atoms with van der Waals surface area (Å²) in [7, 11) is 1.69. The summed E-state index contributed by atoms with van der Waals surface area (Å²) in [6.07, 6.45) is 10.5. The van der Waals surface area contributed by atoms with Crippen LogP contribution in [0.2, 0.25) is 10.0 Å². The molecule has 4 aliphatic carbocycles. The Labute approximate surface area is 226 Å². The lowest BCUT2D eigenvalue weighted by molar-refractivity contribution is -0.145. The van der Waals surface area contributed by atoms with E-state index in [1.165, 1.54) is 4.68 Å². The van der Waals surface area contributed by atoms with Crippen molar-refractivity contribution in [2.45, 2.75) is 82.3 Å². The van der Waals surface area contributed by atoms with Gasteiger partial charge in [-0.25, -0.2) is 4.79 Å². The molecule has 1 aromatic carbocycles. The van der Waals surface area contributed by atoms with Crippen LogP contribution in [0.4, 0.5) is 0 Å². The van der Waals surface area contributed by atoms with Crippen LogP contribution in [0.15, 0.2) is 28.8 Å². The summed E-state index contributed by atoms with van der Waals surface area (Å²) in [5.74, 6) is 0.381. The van der Waals surface area contributed by atoms with E-state index in [1.807, 2.05) is 18.2 Å². The minimum absolute atomic E-state index is 0.122. The van der Waals surface area contributed by atoms with Gasteiger partial charge in [-0.05, 0) is 87.8 Å². The van der Waals surface area contributed by atoms with E-state index in [0.29, 0.717) is 39.2 Å². The zero-order chi connectivity index (χ0) is 25.8. The number of rotatable bonds is 9. The van der Waals surface area contributed by atoms with Crippen molar-refractivity contribution in [2.24, 2.45) is 12.5 Å². The number of carbonyl (C=O) groups is 1. The summed E-state index contributed by atoms with van der Waals surface area (Å²) in [5.41, 5.74) is 3.67. The number of hydrogen-bond acceptors (Lipinski definition) is 5. The summed E-state index contributed by atoms with van der Waals surface area (Å²) in [4.78, 5) is 11.3. The molecule has 9 heteroatoms. The monoisotopic (exact) mass is 543 g/mol. The molecule has 0 saturated heterocycles. The Balaban J connectivity index is 1.14. The topological polar surface area (TPSA) is 90.4 Å². The molecule has 4 fully saturated rings. The van der Waals surface area contributed by atoms with E-state index in [2.05, 4.69) is 10.3 Å². The molecule has 4 aliphatic rings. The predicted octanol–water partition coefficient (Wildman–Crippen LogP) is 7.20. The number of fused-ring (bicyclic) bond motifs is 3. The molecule has 0 unspecified atom stereocenters. The van der Waals surface area contributed by atoms with Crippen molar-refractivity contribution in [3.05, 3.63) is 57.0 Å². The molecule has 0 atom stereocenters. The summed E-state index contributed by atoms with van der Waals surface area (Å²) < 4.78 is 14.0. The molecule has 2 heterocycles. The highest BCUT2D eigenvalue weighted by Gasteiger charge is 2.49. The quantitative estimate of drug-likeness (QED) is 0.306. The second kappa shape index (κ2) is 9.44. The van der Waals surface area contributed by atoms with Gasteiger partial charge in [0.05, 0.1) is 27.9 Å². The number of benzene rings is 1. The number of ether oxygens (including phenoxy) is 1. The Morgan fingerprint density at radius 2 is 1.84 bits per heavy atom. The Hall–Kier alpha value is -2.35. The average molecular weight is 544 g/mol. The Morgan fingerprint density at radius 3 is 2.43 bits per heavy atom. The summed E-state index contributed by atoms with van der Waals surface area (Å²) in [6.45, 7) is 0.450. The highest BCUT2D eigenvalue weighted by molar-refractivity contribution is 6.39. The van der Waals surface area contributed by atoms with Gasteiger partial charge in [-0.2, -0.15) is 5.10 Å². The number of aryl methyl sites for hydroxylation is 2. The maximum atomic E-state index is 11.3. The number of aromatic carboxylic acids is 1. The van der Waals surface area contributed by atoms with Gasteiger partial charge >= 0.3 is 5.97 Å². The van der Waals surface area contributed by atoms with Gasteiger partial charge in [-0.1, -0.05) is 34.4 Å². The van der Waals surface area contributed by atoms with Gasteiger partial charge in [0, 0.05) is 24.1 Å². The van der Waals surface area contributed by atoms with Gasteiger partial charge in [-0.15, -0.1) is 0 Å². The van der Waals surface area contributed by atoms with Crippen molar-refractivity contribution < 1.29 is 19.2 Å². The lowest BCUT2D eigenvalue weighted by Crippen LogP contribution is -2.47. The van der Waals surface area contributed by atoms with E-state index in [1.54, 1.807) is 13.1 Å². The lowest BCUT2D eigenvalue weighted by Gasteiger charge is -2.53. The number of aromatic nitrogens is 3. The van der Waals surface area contributed by atoms with Crippen LogP contribution >= 0.6 is 23.2 Å². The van der Waals surface area contributed by atoms with Gasteiger partial charge in [0.25, 0.3) is 0 Å². The number of carboxylic acids is 1. The molecule has 37 heavy (non-hydrogen) atoms. The van der Waals surface area contributed by atoms with Crippen molar-refractivity contribution in [3.63, 3.8) is 0 Å². The molecule has 0 spiro atoms. The fourth-order valence-electron chi connectivity index (χ4n) is 6.34. The van der Waals surface area contributed by atoms with Crippen LogP contribution in [0, 0.1) is 5.41 Å². The van der Waals surface area contributed by atoms with E-state index in [-0.39, 0.29) is 11.3 Å². The van der Waals surface area contributed by atoms with Gasteiger partial charge in [0.1, 0.15) is 17.1 Å². The standard InChI is InChI=1S/C28H31Cl2N3O4/c1-33-22(26(34)35)15-18(31-33)7-8-27-9-12-28(13-10-27,14-11-27)36-16-19-24(32-37-25(19)17-5-6-17)23-20(29)3-2-4-21(23)30/h2-4,15,17H,5-14,16H2,1H3,(H,34,35). The van der Waals surface area contributed by atoms with Crippen LogP contribution in [0.1, 0.15) is 91.2 Å². The second-order valence-corrected chi connectivity index (χ2v) is 12.0. The fourth-order valence-corrected chi connectivity index (χ4v) is 6.91. The Morgan fingerprint density at radius 1 is 1.16 bits per heavy atom. The summed E-state index contributed by atoms with van der Waals surface area (Å²) in [5, 5.41) is 19.3. The number of nitrogens with zero attached hydrogens (tertiary/aromatic N) is 3. The minimum atomic E-state index is -0.936. The molecule has 4 saturated carbocycles. The van der Waals surface area contributed by atoms with Crippen LogP contribution in [0.25, 0.3) is 11.3 Å². The second-order valence-electron chi connectivity index (χ2n) is 11.2. The number of halogens is 2. The Bertz CT molecular complexity index is 1300. The van der Waals surface area contributed by atoms with Crippen molar-refractivity contribution in [2.75, 3.05) is 0 Å². The molecule has 1 N–H and O–H groups in total. The van der Waals surface area contributed by atoms with Crippen LogP contribution in [-0.2, 0) is 24.8 Å². The summed E-state index contributed by atoms with van der Waals surface area (Å²) >= 11 is 13.0. The van der Waals surface area contributed by atoms with Crippen LogP contribution in [-0.4, -0.2) is 31.6 Å². The first-order valence-electron chi connectivity index (χ1n) is 13.1. The van der Waals surface area contributed by atoms with Gasteiger partial charge in [0.15, 0.2) is 0 Å². The fraction of sp³-hybridized carbons (Fsp3) is 0.536. The molecule has 3 aromatic rings. The van der Waals surface area contributed by atoms with E-state index in [0.717, 1.165) is 81.2 Å². The molecule has 2 aromatic heterocycles. The first kappa shape index (κ1) is 25.0. The SMILES string of the molecule is Cn1nc(CCC23CCC(OCc4c(-c5c(Cl)cccc5Cl)noc4C4CC4)(CC2)CC3)cc1C(=O)O. The van der Waals surface area contributed by atoms with Crippen LogP contribution < -0.4 is 0 Å². The molecular weight excluding hydrogens is 513 g/mol. The molecule has 7 nitrogen and oxygen atoms in total. The first-order chi connectivity index (χ1) is 17.8. The smallest absolute Gasteiger partial charge is 0.354 e. The van der Waals surface area contributed by atoms with E-state index < -0.39 is 5.97 Å². The van der Waals surface area contributed by atoms with E-state index >= 15 is 0 Å². The molecule has 0 amide bonds. The third-order valence-corrected chi connectivity index (χ3v) is 9.51. The third kappa shape index (κ3) is 4.70. The van der Waals surface area contributed by atoms with E-state index in [4.69, 9.17) is 32.5 Å². The van der Waals surface area contributed by atoms with Crippen molar-refractivity contribution >= 4 is 29.2 Å². The maximum Gasteiger partial charge on any atom is 0.354 e. The normalized spacial score (nSPS) is 25.1. The molecule has 2 bridgehead atoms. The van der Waals surface area contributed by atoms with Crippen LogP contribution in [0.5, 0.6) is 0 Å². The van der Waals surface area contributed by atoms with E-state index in [9.17, 15) is 9.90 Å². The van der Waals surface area contributed by atoms with Crippen molar-refractivity contribution in [3.8, 4) is 11.3 Å². The van der Waals surface area contributed by atoms with Crippen molar-refractivity contribution in [1.82, 2.24) is 14.9 Å². The van der Waals surface area contributed by atoms with Gasteiger partial charge < -0.3 is 14.4 Å². The first-order valence-corrected chi connectivity index (χ1v) is 13.9. The van der Waals surface area contributed by atoms with Crippen molar-refractivity contribution in [1.29, 1.82) is 0 Å². The zero-order valence-corrected chi connectivity index (χ0v) is 22.4. The molecule has 0 aliphatic heterocycles. The Kier molecular flexibility index (Phi) is 6.37. The maximum absolute atomic E-state index is 11.3. The highest BCUT2D eigenvalue weighted by Crippen LogP contribution is 2.56. The lowest BCUT2D eigenvalue weighted by atomic mass is 9.57. The van der Waals surface area contributed by atoms with Gasteiger partial charge in [0.2, 0.25) is 0 Å². The average Bonchev–Trinajstić information content (AvgIpc) is 3.54. The number of carboxylic acid groups (broad SMARTS) is 1. The highest BCUT2D eigenvalue weighted by atomic mass is 35.5. The van der Waals surface area contributed by atoms with Crippen LogP contribution in [0.3, 0.4) is 0 Å². The third-order valence-electron chi connectivity index (χ3n) is 8.88.